The molecule has 20 heavy (non-hydrogen) atoms. The molecule has 5 heteroatoms. The highest BCUT2D eigenvalue weighted by Crippen LogP contribution is 2.12. The number of nitrogens with zero attached hydrogens (tertiary/aromatic N) is 2. The van der Waals surface area contributed by atoms with Gasteiger partial charge in [0.2, 0.25) is 0 Å². The van der Waals surface area contributed by atoms with E-state index in [0.29, 0.717) is 4.77 Å². The summed E-state index contributed by atoms with van der Waals surface area (Å²) < 4.78 is 2.80. The molecule has 0 spiro atoms. The fourth-order valence-electron chi connectivity index (χ4n) is 2.17. The van der Waals surface area contributed by atoms with Crippen LogP contribution in [-0.4, -0.2) is 14.8 Å². The molecule has 0 aliphatic carbocycles. The maximum atomic E-state index is 5.33. The summed E-state index contributed by atoms with van der Waals surface area (Å²) >= 11 is 7.11. The van der Waals surface area contributed by atoms with Gasteiger partial charge in [-0.15, -0.1) is 11.3 Å². The van der Waals surface area contributed by atoms with Crippen LogP contribution in [0, 0.1) is 4.77 Å². The first-order chi connectivity index (χ1) is 9.83. The van der Waals surface area contributed by atoms with Crippen LogP contribution in [0.25, 0.3) is 0 Å². The zero-order chi connectivity index (χ0) is 13.8. The molecule has 0 bridgehead atoms. The molecule has 1 aromatic carbocycles. The Balaban J connectivity index is 1.77. The highest BCUT2D eigenvalue weighted by Gasteiger charge is 2.07. The molecule has 2 heterocycles. The topological polar surface area (TPSA) is 33.6 Å². The molecule has 2 aromatic heterocycles. The Morgan fingerprint density at radius 2 is 2.00 bits per heavy atom. The average Bonchev–Trinajstić information content (AvgIpc) is 3.09. The molecule has 0 unspecified atom stereocenters. The van der Waals surface area contributed by atoms with Gasteiger partial charge in [-0.05, 0) is 35.6 Å². The Morgan fingerprint density at radius 1 is 1.15 bits per heavy atom. The minimum Gasteiger partial charge on any atom is -0.304 e. The summed E-state index contributed by atoms with van der Waals surface area (Å²) in [6.07, 6.45) is 1.80. The van der Waals surface area contributed by atoms with Crippen molar-refractivity contribution in [1.82, 2.24) is 14.8 Å². The molecule has 0 saturated heterocycles. The van der Waals surface area contributed by atoms with Gasteiger partial charge in [0.15, 0.2) is 4.77 Å². The van der Waals surface area contributed by atoms with E-state index >= 15 is 0 Å². The molecule has 0 amide bonds. The van der Waals surface area contributed by atoms with E-state index in [1.807, 2.05) is 18.2 Å². The second-order valence-electron chi connectivity index (χ2n) is 4.59. The third kappa shape index (κ3) is 3.05. The van der Waals surface area contributed by atoms with Gasteiger partial charge in [0.05, 0.1) is 0 Å². The van der Waals surface area contributed by atoms with Crippen LogP contribution >= 0.6 is 23.6 Å². The van der Waals surface area contributed by atoms with Crippen molar-refractivity contribution < 1.29 is 0 Å². The second kappa shape index (κ2) is 6.15. The van der Waals surface area contributed by atoms with Crippen molar-refractivity contribution in [3.63, 3.8) is 0 Å². The molecule has 0 atom stereocenters. The third-order valence-electron chi connectivity index (χ3n) is 3.20. The summed E-state index contributed by atoms with van der Waals surface area (Å²) in [6, 6.07) is 14.6. The van der Waals surface area contributed by atoms with Crippen molar-refractivity contribution in [2.45, 2.75) is 19.4 Å². The van der Waals surface area contributed by atoms with Gasteiger partial charge in [0.1, 0.15) is 5.82 Å². The largest absolute Gasteiger partial charge is 0.304 e. The number of aromatic amines is 1. The van der Waals surface area contributed by atoms with E-state index in [2.05, 4.69) is 44.4 Å². The Kier molecular flexibility index (Phi) is 4.08. The van der Waals surface area contributed by atoms with Gasteiger partial charge < -0.3 is 4.57 Å². The van der Waals surface area contributed by atoms with Gasteiger partial charge in [0.25, 0.3) is 0 Å². The lowest BCUT2D eigenvalue weighted by Gasteiger charge is -2.06. The first-order valence-corrected chi connectivity index (χ1v) is 7.82. The molecule has 3 aromatic rings. The van der Waals surface area contributed by atoms with E-state index < -0.39 is 0 Å². The normalized spacial score (nSPS) is 10.8. The zero-order valence-electron chi connectivity index (χ0n) is 11.0. The van der Waals surface area contributed by atoms with Crippen LogP contribution in [0.2, 0.25) is 0 Å². The van der Waals surface area contributed by atoms with Crippen molar-refractivity contribution >= 4 is 23.6 Å². The zero-order valence-corrected chi connectivity index (χ0v) is 12.6. The predicted molar refractivity (Wildman–Crippen MR) is 84.7 cm³/mol. The van der Waals surface area contributed by atoms with Gasteiger partial charge in [-0.1, -0.05) is 36.4 Å². The smallest absolute Gasteiger partial charge is 0.195 e. The maximum absolute atomic E-state index is 5.33. The number of aromatic nitrogens is 3. The van der Waals surface area contributed by atoms with Gasteiger partial charge in [0, 0.05) is 17.8 Å². The highest BCUT2D eigenvalue weighted by molar-refractivity contribution is 7.71. The van der Waals surface area contributed by atoms with Crippen LogP contribution in [0.15, 0.2) is 47.8 Å². The Bertz CT molecular complexity index is 711. The van der Waals surface area contributed by atoms with E-state index in [9.17, 15) is 0 Å². The summed E-state index contributed by atoms with van der Waals surface area (Å²) in [7, 11) is 0. The summed E-state index contributed by atoms with van der Waals surface area (Å²) in [6.45, 7) is 0.873. The van der Waals surface area contributed by atoms with Crippen molar-refractivity contribution in [1.29, 1.82) is 0 Å². The number of thiophene rings is 1. The number of aryl methyl sites for hydroxylation is 1. The summed E-state index contributed by atoms with van der Waals surface area (Å²) in [5, 5.41) is 9.37. The van der Waals surface area contributed by atoms with Gasteiger partial charge in [-0.25, -0.2) is 0 Å². The quantitative estimate of drug-likeness (QED) is 0.727. The molecule has 0 saturated carbocycles. The molecule has 0 aliphatic heterocycles. The van der Waals surface area contributed by atoms with Crippen molar-refractivity contribution in [3.05, 3.63) is 68.9 Å². The molecular weight excluding hydrogens is 286 g/mol. The molecule has 3 rings (SSSR count). The average molecular weight is 301 g/mol. The van der Waals surface area contributed by atoms with Gasteiger partial charge in [-0.2, -0.15) is 5.10 Å². The van der Waals surface area contributed by atoms with Crippen molar-refractivity contribution in [3.8, 4) is 0 Å². The number of hydrogen-bond acceptors (Lipinski definition) is 3. The monoisotopic (exact) mass is 301 g/mol. The number of nitrogens with one attached hydrogen (secondary N) is 1. The standard InChI is InChI=1S/C15H15N3S2/c19-15-17-16-14(11-12-5-2-1-3-6-12)18(15)9-8-13-7-4-10-20-13/h1-7,10H,8-9,11H2,(H,17,19). The Morgan fingerprint density at radius 3 is 2.75 bits per heavy atom. The van der Waals surface area contributed by atoms with E-state index in [1.54, 1.807) is 11.3 Å². The molecule has 0 aliphatic rings. The highest BCUT2D eigenvalue weighted by atomic mass is 32.1. The second-order valence-corrected chi connectivity index (χ2v) is 6.01. The van der Waals surface area contributed by atoms with Crippen LogP contribution in [0.1, 0.15) is 16.3 Å². The molecule has 102 valence electrons. The van der Waals surface area contributed by atoms with Crippen LogP contribution in [0.3, 0.4) is 0 Å². The molecule has 3 nitrogen and oxygen atoms in total. The Hall–Kier alpha value is -1.72. The third-order valence-corrected chi connectivity index (χ3v) is 4.45. The van der Waals surface area contributed by atoms with E-state index in [0.717, 1.165) is 25.2 Å². The minimum absolute atomic E-state index is 0.701. The van der Waals surface area contributed by atoms with Crippen LogP contribution in [-0.2, 0) is 19.4 Å². The van der Waals surface area contributed by atoms with Crippen molar-refractivity contribution in [2.24, 2.45) is 0 Å². The fourth-order valence-corrected chi connectivity index (χ4v) is 3.11. The van der Waals surface area contributed by atoms with Gasteiger partial charge in [-0.3, -0.25) is 5.10 Å². The van der Waals surface area contributed by atoms with Crippen LogP contribution in [0.5, 0.6) is 0 Å². The van der Waals surface area contributed by atoms with Gasteiger partial charge >= 0.3 is 0 Å². The molecule has 0 fully saturated rings. The molecular formula is C15H15N3S2. The number of rotatable bonds is 5. The van der Waals surface area contributed by atoms with Crippen LogP contribution in [0.4, 0.5) is 0 Å². The van der Waals surface area contributed by atoms with E-state index in [1.165, 1.54) is 10.4 Å². The summed E-state index contributed by atoms with van der Waals surface area (Å²) in [5.41, 5.74) is 1.25. The molecule has 0 radical (unpaired) electrons. The number of H-pyrrole nitrogens is 1. The number of hydrogen-bond donors (Lipinski definition) is 1. The lowest BCUT2D eigenvalue weighted by Crippen LogP contribution is -2.06. The lowest BCUT2D eigenvalue weighted by atomic mass is 10.1. The first kappa shape index (κ1) is 13.3. The maximum Gasteiger partial charge on any atom is 0.195 e. The van der Waals surface area contributed by atoms with E-state index in [-0.39, 0.29) is 0 Å². The Labute approximate surface area is 126 Å². The summed E-state index contributed by atoms with van der Waals surface area (Å²) in [4.78, 5) is 1.37. The van der Waals surface area contributed by atoms with Crippen LogP contribution < -0.4 is 0 Å². The first-order valence-electron chi connectivity index (χ1n) is 6.53. The number of benzene rings is 1. The summed E-state index contributed by atoms with van der Waals surface area (Å²) in [5.74, 6) is 0.998. The minimum atomic E-state index is 0.701. The van der Waals surface area contributed by atoms with Crippen molar-refractivity contribution in [2.75, 3.05) is 0 Å². The molecule has 1 N–H and O–H groups in total. The SMILES string of the molecule is S=c1[nH]nc(Cc2ccccc2)n1CCc1cccs1. The fraction of sp³-hybridized carbons (Fsp3) is 0.200. The predicted octanol–water partition coefficient (Wildman–Crippen LogP) is 3.84. The van der Waals surface area contributed by atoms with E-state index in [4.69, 9.17) is 12.2 Å². The lowest BCUT2D eigenvalue weighted by molar-refractivity contribution is 0.658.